The standard InChI is InChI=1S/C12H12BrFN4O/c1-6-11(18-15)16-7(2)17-12(6)19-10-4-8(13)3-9(14)5-10/h3-5H,15H2,1-2H3,(H,16,17,18). The van der Waals surface area contributed by atoms with Crippen molar-refractivity contribution in [2.75, 3.05) is 5.43 Å². The van der Waals surface area contributed by atoms with Crippen LogP contribution in [0.3, 0.4) is 0 Å². The monoisotopic (exact) mass is 326 g/mol. The first-order valence-electron chi connectivity index (χ1n) is 5.45. The van der Waals surface area contributed by atoms with Gasteiger partial charge in [0.1, 0.15) is 23.2 Å². The molecule has 0 amide bonds. The molecule has 0 aliphatic rings. The van der Waals surface area contributed by atoms with Crippen molar-refractivity contribution in [1.82, 2.24) is 9.97 Å². The Morgan fingerprint density at radius 1 is 1.26 bits per heavy atom. The normalized spacial score (nSPS) is 10.4. The Labute approximate surface area is 118 Å². The molecule has 0 spiro atoms. The molecular formula is C12H12BrFN4O. The number of ether oxygens (including phenoxy) is 1. The number of hydrogen-bond donors (Lipinski definition) is 2. The van der Waals surface area contributed by atoms with E-state index in [1.165, 1.54) is 12.1 Å². The summed E-state index contributed by atoms with van der Waals surface area (Å²) >= 11 is 3.20. The van der Waals surface area contributed by atoms with E-state index >= 15 is 0 Å². The van der Waals surface area contributed by atoms with Gasteiger partial charge in [-0.25, -0.2) is 15.2 Å². The highest BCUT2D eigenvalue weighted by Crippen LogP contribution is 2.29. The minimum absolute atomic E-state index is 0.331. The number of nitrogens with zero attached hydrogens (tertiary/aromatic N) is 2. The van der Waals surface area contributed by atoms with Crippen LogP contribution in [0.25, 0.3) is 0 Å². The van der Waals surface area contributed by atoms with E-state index in [1.807, 2.05) is 0 Å². The van der Waals surface area contributed by atoms with Crippen LogP contribution in [0.1, 0.15) is 11.4 Å². The zero-order valence-electron chi connectivity index (χ0n) is 10.4. The number of halogens is 2. The second-order valence-electron chi connectivity index (χ2n) is 3.90. The topological polar surface area (TPSA) is 73.1 Å². The molecule has 1 aromatic carbocycles. The van der Waals surface area contributed by atoms with Crippen LogP contribution in [0.15, 0.2) is 22.7 Å². The molecule has 0 radical (unpaired) electrons. The number of aryl methyl sites for hydroxylation is 1. The molecule has 3 N–H and O–H groups in total. The predicted octanol–water partition coefficient (Wildman–Crippen LogP) is 3.07. The molecule has 0 bridgehead atoms. The van der Waals surface area contributed by atoms with Gasteiger partial charge < -0.3 is 10.2 Å². The zero-order chi connectivity index (χ0) is 14.0. The van der Waals surface area contributed by atoms with Gasteiger partial charge in [-0.1, -0.05) is 15.9 Å². The van der Waals surface area contributed by atoms with Gasteiger partial charge in [-0.2, -0.15) is 4.98 Å². The SMILES string of the molecule is Cc1nc(NN)c(C)c(Oc2cc(F)cc(Br)c2)n1. The van der Waals surface area contributed by atoms with E-state index in [1.54, 1.807) is 19.9 Å². The molecule has 5 nitrogen and oxygen atoms in total. The predicted molar refractivity (Wildman–Crippen MR) is 73.5 cm³/mol. The van der Waals surface area contributed by atoms with Gasteiger partial charge in [0.15, 0.2) is 0 Å². The van der Waals surface area contributed by atoms with Gasteiger partial charge in [0.05, 0.1) is 5.56 Å². The Kier molecular flexibility index (Phi) is 3.96. The van der Waals surface area contributed by atoms with Crippen LogP contribution >= 0.6 is 15.9 Å². The van der Waals surface area contributed by atoms with Crippen LogP contribution < -0.4 is 16.0 Å². The quantitative estimate of drug-likeness (QED) is 0.669. The molecule has 0 saturated heterocycles. The molecule has 2 rings (SSSR count). The highest BCUT2D eigenvalue weighted by molar-refractivity contribution is 9.10. The van der Waals surface area contributed by atoms with Gasteiger partial charge in [-0.15, -0.1) is 0 Å². The molecule has 0 aliphatic heterocycles. The average Bonchev–Trinajstić information content (AvgIpc) is 2.32. The molecule has 0 atom stereocenters. The van der Waals surface area contributed by atoms with E-state index in [-0.39, 0.29) is 0 Å². The van der Waals surface area contributed by atoms with Crippen LogP contribution in [0.4, 0.5) is 10.2 Å². The van der Waals surface area contributed by atoms with Crippen molar-refractivity contribution in [2.24, 2.45) is 5.84 Å². The van der Waals surface area contributed by atoms with Crippen molar-refractivity contribution < 1.29 is 9.13 Å². The van der Waals surface area contributed by atoms with E-state index in [0.717, 1.165) is 0 Å². The van der Waals surface area contributed by atoms with Gasteiger partial charge in [0.2, 0.25) is 5.88 Å². The highest BCUT2D eigenvalue weighted by atomic mass is 79.9. The molecule has 19 heavy (non-hydrogen) atoms. The minimum atomic E-state index is -0.398. The third kappa shape index (κ3) is 3.18. The van der Waals surface area contributed by atoms with Gasteiger partial charge in [-0.3, -0.25) is 0 Å². The van der Waals surface area contributed by atoms with Crippen LogP contribution in [-0.4, -0.2) is 9.97 Å². The molecule has 0 unspecified atom stereocenters. The minimum Gasteiger partial charge on any atom is -0.438 e. The van der Waals surface area contributed by atoms with Gasteiger partial charge >= 0.3 is 0 Å². The maximum absolute atomic E-state index is 13.3. The number of anilines is 1. The van der Waals surface area contributed by atoms with Crippen molar-refractivity contribution >= 4 is 21.7 Å². The maximum Gasteiger partial charge on any atom is 0.227 e. The molecule has 1 aromatic heterocycles. The van der Waals surface area contributed by atoms with E-state index in [0.29, 0.717) is 33.3 Å². The molecule has 0 saturated carbocycles. The summed E-state index contributed by atoms with van der Waals surface area (Å²) in [5.41, 5.74) is 3.12. The molecule has 100 valence electrons. The van der Waals surface area contributed by atoms with Crippen molar-refractivity contribution in [2.45, 2.75) is 13.8 Å². The lowest BCUT2D eigenvalue weighted by Crippen LogP contribution is -2.12. The second kappa shape index (κ2) is 5.50. The van der Waals surface area contributed by atoms with E-state index in [2.05, 4.69) is 31.3 Å². The molecule has 0 fully saturated rings. The summed E-state index contributed by atoms with van der Waals surface area (Å²) in [6.45, 7) is 3.48. The number of nitrogens with two attached hydrogens (primary N) is 1. The first-order valence-corrected chi connectivity index (χ1v) is 6.24. The largest absolute Gasteiger partial charge is 0.438 e. The number of hydrogen-bond acceptors (Lipinski definition) is 5. The van der Waals surface area contributed by atoms with E-state index in [4.69, 9.17) is 10.6 Å². The van der Waals surface area contributed by atoms with E-state index in [9.17, 15) is 4.39 Å². The Morgan fingerprint density at radius 3 is 2.63 bits per heavy atom. The third-order valence-corrected chi connectivity index (χ3v) is 2.86. The summed E-state index contributed by atoms with van der Waals surface area (Å²) in [5, 5.41) is 0. The third-order valence-electron chi connectivity index (χ3n) is 2.40. The fourth-order valence-corrected chi connectivity index (χ4v) is 1.99. The van der Waals surface area contributed by atoms with Crippen molar-refractivity contribution in [1.29, 1.82) is 0 Å². The van der Waals surface area contributed by atoms with Gasteiger partial charge in [0.25, 0.3) is 0 Å². The number of aromatic nitrogens is 2. The fourth-order valence-electron chi connectivity index (χ4n) is 1.54. The Hall–Kier alpha value is -1.73. The lowest BCUT2D eigenvalue weighted by atomic mass is 10.3. The van der Waals surface area contributed by atoms with E-state index < -0.39 is 5.82 Å². The first kappa shape index (κ1) is 13.7. The number of hydrazine groups is 1. The van der Waals surface area contributed by atoms with Crippen LogP contribution in [0.5, 0.6) is 11.6 Å². The summed E-state index contributed by atoms with van der Waals surface area (Å²) in [6.07, 6.45) is 0. The smallest absolute Gasteiger partial charge is 0.227 e. The highest BCUT2D eigenvalue weighted by Gasteiger charge is 2.11. The molecule has 0 aliphatic carbocycles. The van der Waals surface area contributed by atoms with Crippen LogP contribution in [-0.2, 0) is 0 Å². The van der Waals surface area contributed by atoms with Crippen molar-refractivity contribution in [3.05, 3.63) is 39.9 Å². The number of nitrogen functional groups attached to an aromatic ring is 1. The molecular weight excluding hydrogens is 315 g/mol. The lowest BCUT2D eigenvalue weighted by molar-refractivity contribution is 0.451. The summed E-state index contributed by atoms with van der Waals surface area (Å²) in [4.78, 5) is 8.29. The average molecular weight is 327 g/mol. The summed E-state index contributed by atoms with van der Waals surface area (Å²) < 4.78 is 19.4. The second-order valence-corrected chi connectivity index (χ2v) is 4.82. The summed E-state index contributed by atoms with van der Waals surface area (Å²) in [5.74, 6) is 6.62. The van der Waals surface area contributed by atoms with Gasteiger partial charge in [-0.05, 0) is 26.0 Å². The number of rotatable bonds is 3. The fraction of sp³-hybridized carbons (Fsp3) is 0.167. The Bertz CT molecular complexity index is 601. The molecule has 7 heteroatoms. The maximum atomic E-state index is 13.3. The molecule has 1 heterocycles. The Morgan fingerprint density at radius 2 is 2.00 bits per heavy atom. The van der Waals surface area contributed by atoms with Crippen LogP contribution in [0, 0.1) is 19.7 Å². The van der Waals surface area contributed by atoms with Crippen molar-refractivity contribution in [3.63, 3.8) is 0 Å². The number of nitrogens with one attached hydrogen (secondary N) is 1. The first-order chi connectivity index (χ1) is 8.99. The Balaban J connectivity index is 2.40. The molecule has 2 aromatic rings. The van der Waals surface area contributed by atoms with Gasteiger partial charge in [0, 0.05) is 10.5 Å². The summed E-state index contributed by atoms with van der Waals surface area (Å²) in [6, 6.07) is 4.27. The zero-order valence-corrected chi connectivity index (χ0v) is 12.0. The van der Waals surface area contributed by atoms with Crippen molar-refractivity contribution in [3.8, 4) is 11.6 Å². The lowest BCUT2D eigenvalue weighted by Gasteiger charge is -2.11. The number of benzene rings is 1. The van der Waals surface area contributed by atoms with Crippen LogP contribution in [0.2, 0.25) is 0 Å². The summed E-state index contributed by atoms with van der Waals surface area (Å²) in [7, 11) is 0.